The molecule has 0 aliphatic carbocycles. The number of allylic oxidation sites excluding steroid dienone is 4. The molecule has 176 valence electrons. The van der Waals surface area contributed by atoms with E-state index in [0.717, 1.165) is 43.2 Å². The number of carbonyl (C=O) groups excluding carboxylic acids is 1. The largest absolute Gasteiger partial charge is 0.508 e. The number of phenols is 1. The number of hydrogen-bond donors (Lipinski definition) is 1. The molecule has 1 N–H and O–H groups in total. The van der Waals surface area contributed by atoms with Crippen LogP contribution in [0.1, 0.15) is 93.1 Å². The minimum Gasteiger partial charge on any atom is -0.508 e. The van der Waals surface area contributed by atoms with Gasteiger partial charge in [0.25, 0.3) is 6.29 Å². The van der Waals surface area contributed by atoms with Crippen molar-refractivity contribution in [1.29, 1.82) is 0 Å². The number of esters is 1. The van der Waals surface area contributed by atoms with Gasteiger partial charge in [0.1, 0.15) is 17.1 Å². The van der Waals surface area contributed by atoms with Crippen LogP contribution < -0.4 is 4.74 Å². The van der Waals surface area contributed by atoms with Crippen LogP contribution in [0.15, 0.2) is 59.7 Å². The Labute approximate surface area is 197 Å². The van der Waals surface area contributed by atoms with Gasteiger partial charge < -0.3 is 14.6 Å². The smallest absolute Gasteiger partial charge is 0.345 e. The van der Waals surface area contributed by atoms with Crippen LogP contribution in [0, 0.1) is 0 Å². The second kappa shape index (κ2) is 11.7. The van der Waals surface area contributed by atoms with Gasteiger partial charge in [-0.2, -0.15) is 0 Å². The summed E-state index contributed by atoms with van der Waals surface area (Å²) in [5.41, 5.74) is 5.22. The van der Waals surface area contributed by atoms with Gasteiger partial charge in [-0.15, -0.1) is 0 Å². The highest BCUT2D eigenvalue weighted by Crippen LogP contribution is 2.42. The van der Waals surface area contributed by atoms with Gasteiger partial charge in [0.15, 0.2) is 0 Å². The van der Waals surface area contributed by atoms with Crippen molar-refractivity contribution in [2.45, 2.75) is 78.9 Å². The number of hydrogen-bond acceptors (Lipinski definition) is 4. The van der Waals surface area contributed by atoms with Gasteiger partial charge in [-0.25, -0.2) is 4.79 Å². The molecule has 0 aromatic heterocycles. The molecule has 1 unspecified atom stereocenters. The van der Waals surface area contributed by atoms with Gasteiger partial charge >= 0.3 is 5.97 Å². The van der Waals surface area contributed by atoms with Crippen molar-refractivity contribution in [2.75, 3.05) is 0 Å². The third-order valence-electron chi connectivity index (χ3n) is 5.95. The molecule has 0 bridgehead atoms. The minimum atomic E-state index is -0.821. The molecule has 1 heterocycles. The Kier molecular flexibility index (Phi) is 8.76. The van der Waals surface area contributed by atoms with E-state index in [1.165, 1.54) is 11.1 Å². The zero-order valence-electron chi connectivity index (χ0n) is 20.3. The van der Waals surface area contributed by atoms with Crippen molar-refractivity contribution in [3.05, 3.63) is 82.0 Å². The maximum absolute atomic E-state index is 13.1. The number of aromatic hydroxyl groups is 1. The van der Waals surface area contributed by atoms with E-state index >= 15 is 0 Å². The normalized spacial score (nSPS) is 15.5. The van der Waals surface area contributed by atoms with E-state index in [1.807, 2.05) is 30.3 Å². The van der Waals surface area contributed by atoms with Crippen molar-refractivity contribution in [3.63, 3.8) is 0 Å². The molecule has 0 saturated heterocycles. The second-order valence-electron chi connectivity index (χ2n) is 9.04. The van der Waals surface area contributed by atoms with Crippen LogP contribution in [0.25, 0.3) is 0 Å². The predicted molar refractivity (Wildman–Crippen MR) is 133 cm³/mol. The first kappa shape index (κ1) is 24.6. The summed E-state index contributed by atoms with van der Waals surface area (Å²) in [6, 6.07) is 11.2. The highest BCUT2D eigenvalue weighted by Gasteiger charge is 2.34. The molecule has 0 radical (unpaired) electrons. The number of fused-ring (bicyclic) bond motifs is 1. The third kappa shape index (κ3) is 6.50. The molecule has 0 spiro atoms. The van der Waals surface area contributed by atoms with Crippen LogP contribution in [0.3, 0.4) is 0 Å². The fourth-order valence-electron chi connectivity index (χ4n) is 4.05. The number of benzene rings is 2. The summed E-state index contributed by atoms with van der Waals surface area (Å²) < 4.78 is 11.9. The van der Waals surface area contributed by atoms with Crippen molar-refractivity contribution < 1.29 is 19.4 Å². The molecular weight excluding hydrogens is 412 g/mol. The molecule has 33 heavy (non-hydrogen) atoms. The number of carbonyl (C=O) groups is 1. The SMILES string of the molecule is CCCCCc1cc(O)c(CC=C(C)CCC=C(C)C)c2c1C(=O)OC(c1ccccc1)O2. The van der Waals surface area contributed by atoms with E-state index in [-0.39, 0.29) is 11.7 Å². The zero-order chi connectivity index (χ0) is 23.8. The standard InChI is InChI=1S/C29H36O4/c1-5-6-8-16-23-19-25(30)24(18-17-21(4)13-11-12-20(2)3)27-26(23)28(31)33-29(32-27)22-14-9-7-10-15-22/h7,9-10,12,14-15,17,19,29-30H,5-6,8,11,13,16,18H2,1-4H3. The molecule has 4 nitrogen and oxygen atoms in total. The molecular formula is C29H36O4. The lowest BCUT2D eigenvalue weighted by Gasteiger charge is -2.29. The Hall–Kier alpha value is -3.01. The molecule has 2 aromatic carbocycles. The van der Waals surface area contributed by atoms with Gasteiger partial charge in [-0.05, 0) is 64.5 Å². The maximum Gasteiger partial charge on any atom is 0.345 e. The van der Waals surface area contributed by atoms with Crippen molar-refractivity contribution in [2.24, 2.45) is 0 Å². The summed E-state index contributed by atoms with van der Waals surface area (Å²) >= 11 is 0. The molecule has 2 aromatic rings. The molecule has 0 amide bonds. The van der Waals surface area contributed by atoms with Crippen LogP contribution in [-0.2, 0) is 17.6 Å². The van der Waals surface area contributed by atoms with E-state index in [9.17, 15) is 9.90 Å². The van der Waals surface area contributed by atoms with E-state index in [1.54, 1.807) is 6.07 Å². The first-order chi connectivity index (χ1) is 15.9. The molecule has 0 saturated carbocycles. The number of phenolic OH excluding ortho intramolecular Hbond substituents is 1. The van der Waals surface area contributed by atoms with Gasteiger partial charge in [0, 0.05) is 11.1 Å². The van der Waals surface area contributed by atoms with E-state index in [2.05, 4.69) is 39.8 Å². The van der Waals surface area contributed by atoms with Crippen molar-refractivity contribution >= 4 is 5.97 Å². The third-order valence-corrected chi connectivity index (χ3v) is 5.95. The number of rotatable bonds is 10. The Morgan fingerprint density at radius 3 is 2.52 bits per heavy atom. The molecule has 0 fully saturated rings. The van der Waals surface area contributed by atoms with Crippen LogP contribution >= 0.6 is 0 Å². The summed E-state index contributed by atoms with van der Waals surface area (Å²) in [5, 5.41) is 10.9. The monoisotopic (exact) mass is 448 g/mol. The fourth-order valence-corrected chi connectivity index (χ4v) is 4.05. The number of unbranched alkanes of at least 4 members (excludes halogenated alkanes) is 2. The van der Waals surface area contributed by atoms with Crippen LogP contribution in [0.4, 0.5) is 0 Å². The highest BCUT2D eigenvalue weighted by atomic mass is 16.7. The summed E-state index contributed by atoms with van der Waals surface area (Å²) in [6.07, 6.45) is 9.76. The Morgan fingerprint density at radius 1 is 1.06 bits per heavy atom. The van der Waals surface area contributed by atoms with E-state index in [4.69, 9.17) is 9.47 Å². The topological polar surface area (TPSA) is 55.8 Å². The van der Waals surface area contributed by atoms with Crippen LogP contribution in [0.2, 0.25) is 0 Å². The molecule has 1 aliphatic rings. The highest BCUT2D eigenvalue weighted by molar-refractivity contribution is 5.96. The summed E-state index contributed by atoms with van der Waals surface area (Å²) in [4.78, 5) is 13.1. The Bertz CT molecular complexity index is 1010. The van der Waals surface area contributed by atoms with E-state index in [0.29, 0.717) is 29.7 Å². The number of cyclic esters (lactones) is 1. The van der Waals surface area contributed by atoms with Gasteiger partial charge in [-0.1, -0.05) is 73.4 Å². The van der Waals surface area contributed by atoms with Crippen molar-refractivity contribution in [3.8, 4) is 11.5 Å². The predicted octanol–water partition coefficient (Wildman–Crippen LogP) is 7.61. The van der Waals surface area contributed by atoms with Crippen molar-refractivity contribution in [1.82, 2.24) is 0 Å². The van der Waals surface area contributed by atoms with E-state index < -0.39 is 6.29 Å². The molecule has 4 heteroatoms. The quantitative estimate of drug-likeness (QED) is 0.231. The average molecular weight is 449 g/mol. The lowest BCUT2D eigenvalue weighted by Crippen LogP contribution is -2.25. The van der Waals surface area contributed by atoms with Gasteiger partial charge in [-0.3, -0.25) is 0 Å². The Morgan fingerprint density at radius 2 is 1.82 bits per heavy atom. The van der Waals surface area contributed by atoms with Gasteiger partial charge in [0.05, 0.1) is 0 Å². The fraction of sp³-hybridized carbons (Fsp3) is 0.414. The molecule has 1 aliphatic heterocycles. The summed E-state index contributed by atoms with van der Waals surface area (Å²) in [6.45, 7) is 8.45. The first-order valence-electron chi connectivity index (χ1n) is 12.0. The summed E-state index contributed by atoms with van der Waals surface area (Å²) in [5.74, 6) is 0.247. The number of aryl methyl sites for hydroxylation is 1. The minimum absolute atomic E-state index is 0.176. The molecule has 1 atom stereocenters. The lowest BCUT2D eigenvalue weighted by atomic mass is 9.94. The number of ether oxygens (including phenoxy) is 2. The molecule has 3 rings (SSSR count). The lowest BCUT2D eigenvalue weighted by molar-refractivity contribution is -0.0631. The van der Waals surface area contributed by atoms with Gasteiger partial charge in [0.2, 0.25) is 0 Å². The zero-order valence-corrected chi connectivity index (χ0v) is 20.3. The van der Waals surface area contributed by atoms with Crippen LogP contribution in [0.5, 0.6) is 11.5 Å². The average Bonchev–Trinajstić information content (AvgIpc) is 2.78. The Balaban J connectivity index is 1.95. The first-order valence-corrected chi connectivity index (χ1v) is 12.0. The van der Waals surface area contributed by atoms with Crippen LogP contribution in [-0.4, -0.2) is 11.1 Å². The summed E-state index contributed by atoms with van der Waals surface area (Å²) in [7, 11) is 0. The maximum atomic E-state index is 13.1. The second-order valence-corrected chi connectivity index (χ2v) is 9.04.